The van der Waals surface area contributed by atoms with Gasteiger partial charge < -0.3 is 20.1 Å². The molecule has 2 N–H and O–H groups in total. The van der Waals surface area contributed by atoms with E-state index < -0.39 is 5.25 Å². The van der Waals surface area contributed by atoms with Gasteiger partial charge in [0.15, 0.2) is 0 Å². The highest BCUT2D eigenvalue weighted by Gasteiger charge is 2.23. The molecular formula is C24H24N2O4S. The van der Waals surface area contributed by atoms with E-state index in [-0.39, 0.29) is 11.8 Å². The molecule has 0 bridgehead atoms. The van der Waals surface area contributed by atoms with Crippen LogP contribution >= 0.6 is 11.8 Å². The van der Waals surface area contributed by atoms with Gasteiger partial charge in [0.05, 0.1) is 14.2 Å². The van der Waals surface area contributed by atoms with Crippen LogP contribution < -0.4 is 20.1 Å². The third-order valence-electron chi connectivity index (χ3n) is 4.37. The van der Waals surface area contributed by atoms with E-state index in [1.54, 1.807) is 32.4 Å². The minimum Gasteiger partial charge on any atom is -0.497 e. The van der Waals surface area contributed by atoms with Crippen LogP contribution in [-0.4, -0.2) is 26.0 Å². The Morgan fingerprint density at radius 1 is 0.806 bits per heavy atom. The zero-order valence-corrected chi connectivity index (χ0v) is 18.4. The molecule has 160 valence electrons. The van der Waals surface area contributed by atoms with Crippen molar-refractivity contribution in [2.45, 2.75) is 17.1 Å². The number of benzene rings is 3. The van der Waals surface area contributed by atoms with E-state index in [9.17, 15) is 9.59 Å². The highest BCUT2D eigenvalue weighted by molar-refractivity contribution is 8.00. The summed E-state index contributed by atoms with van der Waals surface area (Å²) in [5.74, 6) is 0.839. The largest absolute Gasteiger partial charge is 0.497 e. The van der Waals surface area contributed by atoms with Crippen LogP contribution in [0, 0.1) is 0 Å². The number of hydrogen-bond acceptors (Lipinski definition) is 5. The van der Waals surface area contributed by atoms with Crippen LogP contribution in [0.2, 0.25) is 0 Å². The topological polar surface area (TPSA) is 76.7 Å². The van der Waals surface area contributed by atoms with Gasteiger partial charge in [0.25, 0.3) is 0 Å². The number of ether oxygens (including phenoxy) is 2. The van der Waals surface area contributed by atoms with Gasteiger partial charge in [-0.15, -0.1) is 11.8 Å². The third kappa shape index (κ3) is 6.26. The second-order valence-corrected chi connectivity index (χ2v) is 7.89. The van der Waals surface area contributed by atoms with Crippen molar-refractivity contribution >= 4 is 35.0 Å². The molecule has 0 aliphatic carbocycles. The van der Waals surface area contributed by atoms with Gasteiger partial charge in [-0.3, -0.25) is 9.59 Å². The van der Waals surface area contributed by atoms with Crippen LogP contribution in [0.1, 0.15) is 17.7 Å². The summed E-state index contributed by atoms with van der Waals surface area (Å²) in [5.41, 5.74) is 2.13. The van der Waals surface area contributed by atoms with Crippen LogP contribution in [0.15, 0.2) is 77.7 Å². The standard InChI is InChI=1S/C24H24N2O4S/c1-16(27)25-18-10-7-11-22(14-18)31-23(17-8-5-4-6-9-17)24(28)26-19-12-20(29-2)15-21(13-19)30-3/h4-15,23H,1-3H3,(H,25,27)(H,26,28). The molecular weight excluding hydrogens is 412 g/mol. The average Bonchev–Trinajstić information content (AvgIpc) is 2.77. The van der Waals surface area contributed by atoms with E-state index in [4.69, 9.17) is 9.47 Å². The van der Waals surface area contributed by atoms with Gasteiger partial charge in [0.2, 0.25) is 11.8 Å². The van der Waals surface area contributed by atoms with E-state index >= 15 is 0 Å². The van der Waals surface area contributed by atoms with E-state index in [0.717, 1.165) is 10.5 Å². The van der Waals surface area contributed by atoms with Gasteiger partial charge in [-0.05, 0) is 23.8 Å². The zero-order valence-electron chi connectivity index (χ0n) is 17.5. The Morgan fingerprint density at radius 2 is 1.48 bits per heavy atom. The number of thioether (sulfide) groups is 1. The molecule has 31 heavy (non-hydrogen) atoms. The fraction of sp³-hybridized carbons (Fsp3) is 0.167. The van der Waals surface area contributed by atoms with Gasteiger partial charge in [0, 0.05) is 41.4 Å². The van der Waals surface area contributed by atoms with Crippen molar-refractivity contribution in [3.05, 3.63) is 78.4 Å². The Morgan fingerprint density at radius 3 is 2.10 bits per heavy atom. The average molecular weight is 437 g/mol. The van der Waals surface area contributed by atoms with Crippen molar-refractivity contribution in [3.63, 3.8) is 0 Å². The van der Waals surface area contributed by atoms with Crippen LogP contribution in [0.3, 0.4) is 0 Å². The second kappa shape index (κ2) is 10.5. The lowest BCUT2D eigenvalue weighted by Crippen LogP contribution is -2.19. The molecule has 2 amide bonds. The first-order valence-corrected chi connectivity index (χ1v) is 10.5. The molecule has 0 saturated heterocycles. The van der Waals surface area contributed by atoms with E-state index in [0.29, 0.717) is 22.9 Å². The SMILES string of the molecule is COc1cc(NC(=O)C(Sc2cccc(NC(C)=O)c2)c2ccccc2)cc(OC)c1. The highest BCUT2D eigenvalue weighted by atomic mass is 32.2. The number of hydrogen-bond donors (Lipinski definition) is 2. The van der Waals surface area contributed by atoms with E-state index in [1.165, 1.54) is 18.7 Å². The number of anilines is 2. The second-order valence-electron chi connectivity index (χ2n) is 6.71. The Bertz CT molecular complexity index is 1030. The van der Waals surface area contributed by atoms with Crippen LogP contribution in [0.5, 0.6) is 11.5 Å². The maximum absolute atomic E-state index is 13.3. The molecule has 0 fully saturated rings. The van der Waals surface area contributed by atoms with Crippen molar-refractivity contribution in [2.75, 3.05) is 24.9 Å². The van der Waals surface area contributed by atoms with E-state index in [1.807, 2.05) is 54.6 Å². The summed E-state index contributed by atoms with van der Waals surface area (Å²) in [5, 5.41) is 5.23. The van der Waals surface area contributed by atoms with Crippen molar-refractivity contribution in [3.8, 4) is 11.5 Å². The molecule has 0 radical (unpaired) electrons. The molecule has 3 rings (SSSR count). The predicted molar refractivity (Wildman–Crippen MR) is 124 cm³/mol. The molecule has 0 spiro atoms. The quantitative estimate of drug-likeness (QED) is 0.479. The Labute approximate surface area is 186 Å². The minimum atomic E-state index is -0.508. The highest BCUT2D eigenvalue weighted by Crippen LogP contribution is 2.37. The number of amides is 2. The number of carbonyl (C=O) groups is 2. The molecule has 1 unspecified atom stereocenters. The Kier molecular flexibility index (Phi) is 7.56. The zero-order chi connectivity index (χ0) is 22.2. The van der Waals surface area contributed by atoms with Crippen molar-refractivity contribution in [1.29, 1.82) is 0 Å². The molecule has 7 heteroatoms. The lowest BCUT2D eigenvalue weighted by atomic mass is 10.1. The first-order valence-electron chi connectivity index (χ1n) is 9.61. The summed E-state index contributed by atoms with van der Waals surface area (Å²) >= 11 is 1.40. The van der Waals surface area contributed by atoms with Crippen LogP contribution in [-0.2, 0) is 9.59 Å². The van der Waals surface area contributed by atoms with Gasteiger partial charge in [-0.25, -0.2) is 0 Å². The maximum atomic E-state index is 13.3. The van der Waals surface area contributed by atoms with Gasteiger partial charge >= 0.3 is 0 Å². The van der Waals surface area contributed by atoms with Gasteiger partial charge in [-0.1, -0.05) is 36.4 Å². The monoisotopic (exact) mass is 436 g/mol. The fourth-order valence-corrected chi connectivity index (χ4v) is 4.06. The summed E-state index contributed by atoms with van der Waals surface area (Å²) in [4.78, 5) is 25.5. The summed E-state index contributed by atoms with van der Waals surface area (Å²) in [6, 6.07) is 22.2. The lowest BCUT2D eigenvalue weighted by molar-refractivity contribution is -0.116. The van der Waals surface area contributed by atoms with Crippen LogP contribution in [0.25, 0.3) is 0 Å². The predicted octanol–water partition coefficient (Wildman–Crippen LogP) is 5.13. The maximum Gasteiger partial charge on any atom is 0.242 e. The third-order valence-corrected chi connectivity index (χ3v) is 5.62. The van der Waals surface area contributed by atoms with Gasteiger partial charge in [-0.2, -0.15) is 0 Å². The fourth-order valence-electron chi connectivity index (χ4n) is 2.97. The number of methoxy groups -OCH3 is 2. The van der Waals surface area contributed by atoms with Crippen molar-refractivity contribution in [2.24, 2.45) is 0 Å². The molecule has 0 aliphatic heterocycles. The molecule has 0 heterocycles. The summed E-state index contributed by atoms with van der Waals surface area (Å²) in [6.07, 6.45) is 0. The molecule has 3 aromatic carbocycles. The Balaban J connectivity index is 1.88. The number of nitrogens with one attached hydrogen (secondary N) is 2. The summed E-state index contributed by atoms with van der Waals surface area (Å²) < 4.78 is 10.6. The minimum absolute atomic E-state index is 0.147. The smallest absolute Gasteiger partial charge is 0.242 e. The molecule has 6 nitrogen and oxygen atoms in total. The van der Waals surface area contributed by atoms with Crippen molar-refractivity contribution in [1.82, 2.24) is 0 Å². The Hall–Kier alpha value is -3.45. The van der Waals surface area contributed by atoms with Crippen molar-refractivity contribution < 1.29 is 19.1 Å². The molecule has 0 aliphatic rings. The molecule has 1 atom stereocenters. The molecule has 3 aromatic rings. The first kappa shape index (κ1) is 22.2. The number of rotatable bonds is 8. The van der Waals surface area contributed by atoms with Crippen LogP contribution in [0.4, 0.5) is 11.4 Å². The lowest BCUT2D eigenvalue weighted by Gasteiger charge is -2.18. The molecule has 0 aromatic heterocycles. The van der Waals surface area contributed by atoms with E-state index in [2.05, 4.69) is 10.6 Å². The summed E-state index contributed by atoms with van der Waals surface area (Å²) in [6.45, 7) is 1.46. The normalized spacial score (nSPS) is 11.3. The van der Waals surface area contributed by atoms with Gasteiger partial charge in [0.1, 0.15) is 16.7 Å². The number of carbonyl (C=O) groups excluding carboxylic acids is 2. The summed E-state index contributed by atoms with van der Waals surface area (Å²) in [7, 11) is 3.12. The first-order chi connectivity index (χ1) is 15.0. The molecule has 0 saturated carbocycles.